The van der Waals surface area contributed by atoms with Gasteiger partial charge in [0.2, 0.25) is 0 Å². The minimum absolute atomic E-state index is 0.200. The Labute approximate surface area is 116 Å². The van der Waals surface area contributed by atoms with Gasteiger partial charge in [-0.1, -0.05) is 20.8 Å². The van der Waals surface area contributed by atoms with Gasteiger partial charge in [0.1, 0.15) is 5.78 Å². The lowest BCUT2D eigenvalue weighted by Gasteiger charge is -2.12. The third kappa shape index (κ3) is 5.55. The summed E-state index contributed by atoms with van der Waals surface area (Å²) in [7, 11) is 0. The van der Waals surface area contributed by atoms with Gasteiger partial charge >= 0.3 is 0 Å². The van der Waals surface area contributed by atoms with E-state index in [-0.39, 0.29) is 5.78 Å². The fraction of sp³-hybridized carbons (Fsp3) is 0.733. The van der Waals surface area contributed by atoms with Gasteiger partial charge in [-0.3, -0.25) is 9.48 Å². The summed E-state index contributed by atoms with van der Waals surface area (Å²) < 4.78 is 7.31. The van der Waals surface area contributed by atoms with E-state index in [1.807, 2.05) is 16.9 Å². The molecule has 0 radical (unpaired) electrons. The minimum atomic E-state index is 0.200. The smallest absolute Gasteiger partial charge is 0.141 e. The molecule has 0 bridgehead atoms. The predicted octanol–water partition coefficient (Wildman–Crippen LogP) is 3.17. The van der Waals surface area contributed by atoms with Crippen molar-refractivity contribution in [2.45, 2.75) is 58.9 Å². The van der Waals surface area contributed by atoms with Crippen molar-refractivity contribution in [3.63, 3.8) is 0 Å². The highest BCUT2D eigenvalue weighted by molar-refractivity contribution is 5.80. The van der Waals surface area contributed by atoms with E-state index in [0.717, 1.165) is 31.6 Å². The van der Waals surface area contributed by atoms with Crippen molar-refractivity contribution in [3.8, 4) is 0 Å². The molecule has 0 fully saturated rings. The molecule has 1 aromatic rings. The second-order valence-corrected chi connectivity index (χ2v) is 4.84. The molecule has 0 N–H and O–H groups in total. The maximum Gasteiger partial charge on any atom is 0.141 e. The highest BCUT2D eigenvalue weighted by Gasteiger charge is 2.10. The van der Waals surface area contributed by atoms with E-state index < -0.39 is 0 Å². The highest BCUT2D eigenvalue weighted by atomic mass is 16.5. The molecule has 0 unspecified atom stereocenters. The molecule has 108 valence electrons. The second kappa shape index (κ2) is 8.86. The van der Waals surface area contributed by atoms with Crippen LogP contribution in [0.2, 0.25) is 0 Å². The van der Waals surface area contributed by atoms with Gasteiger partial charge in [-0.2, -0.15) is 5.10 Å². The first-order valence-corrected chi connectivity index (χ1v) is 7.34. The first-order chi connectivity index (χ1) is 9.21. The lowest BCUT2D eigenvalue weighted by atomic mass is 10.2. The zero-order valence-corrected chi connectivity index (χ0v) is 12.4. The number of carbonyl (C=O) groups is 1. The molecule has 0 saturated heterocycles. The Kier molecular flexibility index (Phi) is 7.41. The molecule has 4 nitrogen and oxygen atoms in total. The highest BCUT2D eigenvalue weighted by Crippen LogP contribution is 2.14. The molecule has 19 heavy (non-hydrogen) atoms. The van der Waals surface area contributed by atoms with E-state index in [1.54, 1.807) is 0 Å². The lowest BCUT2D eigenvalue weighted by Crippen LogP contribution is -2.10. The first-order valence-electron chi connectivity index (χ1n) is 7.34. The summed E-state index contributed by atoms with van der Waals surface area (Å²) in [5.41, 5.74) is 0.868. The fourth-order valence-corrected chi connectivity index (χ4v) is 2.06. The molecule has 0 amide bonds. The molecule has 4 heteroatoms. The molecular weight excluding hydrogens is 240 g/mol. The van der Waals surface area contributed by atoms with Crippen LogP contribution in [-0.4, -0.2) is 28.8 Å². The summed E-state index contributed by atoms with van der Waals surface area (Å²) >= 11 is 0. The number of ether oxygens (including phenoxy) is 1. The summed E-state index contributed by atoms with van der Waals surface area (Å²) in [5, 5.41) is 4.49. The molecule has 0 spiro atoms. The number of aromatic nitrogens is 2. The fourth-order valence-electron chi connectivity index (χ4n) is 2.06. The summed E-state index contributed by atoms with van der Waals surface area (Å²) in [5.74, 6) is 0.200. The van der Waals surface area contributed by atoms with E-state index in [4.69, 9.17) is 4.74 Å². The van der Waals surface area contributed by atoms with Crippen LogP contribution in [0.4, 0.5) is 0 Å². The monoisotopic (exact) mass is 266 g/mol. The lowest BCUT2D eigenvalue weighted by molar-refractivity contribution is -0.119. The van der Waals surface area contributed by atoms with E-state index >= 15 is 0 Å². The van der Waals surface area contributed by atoms with Crippen molar-refractivity contribution >= 4 is 5.78 Å². The predicted molar refractivity (Wildman–Crippen MR) is 76.3 cm³/mol. The van der Waals surface area contributed by atoms with Crippen LogP contribution in [0.15, 0.2) is 12.3 Å². The van der Waals surface area contributed by atoms with Gasteiger partial charge in [0.05, 0.1) is 24.8 Å². The van der Waals surface area contributed by atoms with Gasteiger partial charge in [0.25, 0.3) is 0 Å². The van der Waals surface area contributed by atoms with E-state index in [9.17, 15) is 4.79 Å². The largest absolute Gasteiger partial charge is 0.381 e. The summed E-state index contributed by atoms with van der Waals surface area (Å²) in [6.45, 7) is 7.64. The van der Waals surface area contributed by atoms with Crippen molar-refractivity contribution in [2.75, 3.05) is 13.2 Å². The Hall–Kier alpha value is -1.16. The van der Waals surface area contributed by atoms with E-state index in [2.05, 4.69) is 25.9 Å². The van der Waals surface area contributed by atoms with Gasteiger partial charge in [-0.25, -0.2) is 0 Å². The Morgan fingerprint density at radius 1 is 1.32 bits per heavy atom. The third-order valence-corrected chi connectivity index (χ3v) is 3.23. The number of carbonyl (C=O) groups excluding carboxylic acids is 1. The molecule has 1 aromatic heterocycles. The molecule has 0 atom stereocenters. The van der Waals surface area contributed by atoms with Crippen LogP contribution in [0, 0.1) is 0 Å². The molecule has 1 rings (SSSR count). The maximum absolute atomic E-state index is 11.8. The zero-order valence-electron chi connectivity index (χ0n) is 12.4. The maximum atomic E-state index is 11.8. The van der Waals surface area contributed by atoms with Gasteiger partial charge < -0.3 is 4.74 Å². The quantitative estimate of drug-likeness (QED) is 0.611. The van der Waals surface area contributed by atoms with Crippen LogP contribution < -0.4 is 0 Å². The molecular formula is C15H26N2O2. The Balaban J connectivity index is 2.38. The first kappa shape index (κ1) is 15.9. The van der Waals surface area contributed by atoms with Crippen molar-refractivity contribution in [1.82, 2.24) is 9.78 Å². The van der Waals surface area contributed by atoms with Crippen LogP contribution in [0.25, 0.3) is 0 Å². The summed E-state index contributed by atoms with van der Waals surface area (Å²) in [6, 6.07) is 2.39. The average molecular weight is 266 g/mol. The third-order valence-electron chi connectivity index (χ3n) is 3.23. The van der Waals surface area contributed by atoms with Crippen molar-refractivity contribution < 1.29 is 9.53 Å². The number of ketones is 1. The Morgan fingerprint density at radius 2 is 2.05 bits per heavy atom. The molecule has 1 heterocycles. The standard InChI is InChI=1S/C15H26N2O2/c1-4-10-19-11-8-15(18)12-13-7-9-17(16-13)14(5-2)6-3/h7,9,14H,4-6,8,10-12H2,1-3H3. The second-order valence-electron chi connectivity index (χ2n) is 4.84. The Bertz CT molecular complexity index is 370. The SMILES string of the molecule is CCCOCCC(=O)Cc1ccn(C(CC)CC)n1. The Morgan fingerprint density at radius 3 is 2.68 bits per heavy atom. The van der Waals surface area contributed by atoms with Crippen LogP contribution in [0.3, 0.4) is 0 Å². The van der Waals surface area contributed by atoms with Crippen LogP contribution in [0.1, 0.15) is 58.2 Å². The van der Waals surface area contributed by atoms with Crippen LogP contribution >= 0.6 is 0 Å². The van der Waals surface area contributed by atoms with Crippen molar-refractivity contribution in [1.29, 1.82) is 0 Å². The summed E-state index contributed by atoms with van der Waals surface area (Å²) in [4.78, 5) is 11.8. The van der Waals surface area contributed by atoms with E-state index in [1.165, 1.54) is 0 Å². The van der Waals surface area contributed by atoms with Gasteiger partial charge in [-0.05, 0) is 25.3 Å². The molecule has 0 aliphatic rings. The number of rotatable bonds is 10. The number of nitrogens with zero attached hydrogens (tertiary/aromatic N) is 2. The van der Waals surface area contributed by atoms with Crippen molar-refractivity contribution in [2.24, 2.45) is 0 Å². The number of Topliss-reactive ketones (excluding diaryl/α,β-unsaturated/α-hetero) is 1. The van der Waals surface area contributed by atoms with Crippen LogP contribution in [0.5, 0.6) is 0 Å². The van der Waals surface area contributed by atoms with E-state index in [0.29, 0.717) is 25.5 Å². The number of hydrogen-bond acceptors (Lipinski definition) is 3. The molecule has 0 aliphatic heterocycles. The summed E-state index contributed by atoms with van der Waals surface area (Å²) in [6.07, 6.45) is 6.01. The molecule has 0 aliphatic carbocycles. The average Bonchev–Trinajstić information content (AvgIpc) is 2.84. The van der Waals surface area contributed by atoms with Crippen molar-refractivity contribution in [3.05, 3.63) is 18.0 Å². The van der Waals surface area contributed by atoms with Gasteiger partial charge in [-0.15, -0.1) is 0 Å². The minimum Gasteiger partial charge on any atom is -0.381 e. The normalized spacial score (nSPS) is 11.2. The zero-order chi connectivity index (χ0) is 14.1. The molecule has 0 aromatic carbocycles. The molecule has 0 saturated carbocycles. The van der Waals surface area contributed by atoms with Crippen LogP contribution in [-0.2, 0) is 16.0 Å². The van der Waals surface area contributed by atoms with Gasteiger partial charge in [0, 0.05) is 19.2 Å². The van der Waals surface area contributed by atoms with Gasteiger partial charge in [0.15, 0.2) is 0 Å². The topological polar surface area (TPSA) is 44.1 Å². The number of hydrogen-bond donors (Lipinski definition) is 0.